The van der Waals surface area contributed by atoms with E-state index in [9.17, 15) is 35.7 Å². The molecule has 10 unspecified atom stereocenters. The maximum Gasteiger partial charge on any atom is 0.187 e. The van der Waals surface area contributed by atoms with Gasteiger partial charge in [-0.05, 0) is 6.42 Å². The van der Waals surface area contributed by atoms with E-state index in [1.807, 2.05) is 0 Å². The highest BCUT2D eigenvalue weighted by molar-refractivity contribution is 4.95. The number of hydrogen-bond acceptors (Lipinski definition) is 10. The molecular formula is C13H24O10. The van der Waals surface area contributed by atoms with Gasteiger partial charge in [0, 0.05) is 12.5 Å². The summed E-state index contributed by atoms with van der Waals surface area (Å²) >= 11 is 0. The van der Waals surface area contributed by atoms with E-state index in [-0.39, 0.29) is 6.42 Å². The van der Waals surface area contributed by atoms with Crippen LogP contribution in [0.5, 0.6) is 0 Å². The highest BCUT2D eigenvalue weighted by Crippen LogP contribution is 2.31. The third kappa shape index (κ3) is 3.66. The molecule has 10 heteroatoms. The van der Waals surface area contributed by atoms with Gasteiger partial charge in [-0.3, -0.25) is 0 Å². The molecule has 136 valence electrons. The highest BCUT2D eigenvalue weighted by atomic mass is 16.7. The van der Waals surface area contributed by atoms with Gasteiger partial charge in [0.05, 0.1) is 18.8 Å². The Kier molecular flexibility index (Phi) is 6.30. The van der Waals surface area contributed by atoms with Crippen LogP contribution in [-0.4, -0.2) is 109 Å². The Bertz CT molecular complexity index is 344. The molecule has 1 heterocycles. The molecular weight excluding hydrogens is 316 g/mol. The van der Waals surface area contributed by atoms with Crippen molar-refractivity contribution in [3.63, 3.8) is 0 Å². The van der Waals surface area contributed by atoms with E-state index >= 15 is 0 Å². The van der Waals surface area contributed by atoms with Gasteiger partial charge in [-0.1, -0.05) is 0 Å². The van der Waals surface area contributed by atoms with Gasteiger partial charge >= 0.3 is 0 Å². The van der Waals surface area contributed by atoms with Gasteiger partial charge in [0.15, 0.2) is 6.29 Å². The summed E-state index contributed by atoms with van der Waals surface area (Å²) in [7, 11) is 0. The van der Waals surface area contributed by atoms with Gasteiger partial charge in [0.25, 0.3) is 0 Å². The first kappa shape index (κ1) is 18.9. The normalized spacial score (nSPS) is 51.7. The molecule has 23 heavy (non-hydrogen) atoms. The van der Waals surface area contributed by atoms with Crippen LogP contribution in [-0.2, 0) is 9.47 Å². The van der Waals surface area contributed by atoms with Crippen molar-refractivity contribution in [2.24, 2.45) is 5.92 Å². The topological polar surface area (TPSA) is 180 Å². The van der Waals surface area contributed by atoms with E-state index in [1.165, 1.54) is 0 Å². The van der Waals surface area contributed by atoms with E-state index in [2.05, 4.69) is 0 Å². The van der Waals surface area contributed by atoms with E-state index in [1.54, 1.807) is 0 Å². The summed E-state index contributed by atoms with van der Waals surface area (Å²) in [4.78, 5) is 0. The van der Waals surface area contributed by atoms with Crippen molar-refractivity contribution < 1.29 is 50.3 Å². The van der Waals surface area contributed by atoms with Crippen LogP contribution < -0.4 is 0 Å². The molecule has 10 nitrogen and oxygen atoms in total. The zero-order chi connectivity index (χ0) is 17.3. The minimum atomic E-state index is -1.64. The molecule has 1 saturated carbocycles. The lowest BCUT2D eigenvalue weighted by Gasteiger charge is -2.44. The van der Waals surface area contributed by atoms with Crippen molar-refractivity contribution in [1.82, 2.24) is 0 Å². The molecule has 0 aromatic heterocycles. The van der Waals surface area contributed by atoms with Crippen molar-refractivity contribution >= 4 is 0 Å². The number of rotatable bonds is 4. The number of hydrogen-bond donors (Lipinski definition) is 8. The summed E-state index contributed by atoms with van der Waals surface area (Å²) in [6, 6.07) is 0. The van der Waals surface area contributed by atoms with Crippen LogP contribution in [0, 0.1) is 5.92 Å². The highest BCUT2D eigenvalue weighted by Gasteiger charge is 2.48. The summed E-state index contributed by atoms with van der Waals surface area (Å²) in [6.07, 6.45) is -12.9. The minimum Gasteiger partial charge on any atom is -0.396 e. The lowest BCUT2D eigenvalue weighted by atomic mass is 9.81. The van der Waals surface area contributed by atoms with Crippen LogP contribution in [0.3, 0.4) is 0 Å². The van der Waals surface area contributed by atoms with Crippen LogP contribution in [0.1, 0.15) is 6.42 Å². The van der Waals surface area contributed by atoms with Gasteiger partial charge in [-0.15, -0.1) is 0 Å². The second-order valence-corrected chi connectivity index (χ2v) is 6.02. The largest absolute Gasteiger partial charge is 0.396 e. The van der Waals surface area contributed by atoms with E-state index in [0.717, 1.165) is 0 Å². The fraction of sp³-hybridized carbons (Fsp3) is 1.00. The molecule has 10 atom stereocenters. The number of aliphatic hydroxyl groups is 8. The van der Waals surface area contributed by atoms with Crippen LogP contribution in [0.4, 0.5) is 0 Å². The molecule has 2 aliphatic rings. The van der Waals surface area contributed by atoms with Crippen molar-refractivity contribution in [2.75, 3.05) is 13.2 Å². The van der Waals surface area contributed by atoms with Crippen molar-refractivity contribution in [3.8, 4) is 0 Å². The Morgan fingerprint density at radius 3 is 1.91 bits per heavy atom. The lowest BCUT2D eigenvalue weighted by molar-refractivity contribution is -0.326. The smallest absolute Gasteiger partial charge is 0.187 e. The van der Waals surface area contributed by atoms with Crippen LogP contribution in [0.2, 0.25) is 0 Å². The zero-order valence-electron chi connectivity index (χ0n) is 12.3. The summed E-state index contributed by atoms with van der Waals surface area (Å²) in [5.74, 6) is -0.747. The summed E-state index contributed by atoms with van der Waals surface area (Å²) in [6.45, 7) is -1.07. The predicted octanol–water partition coefficient (Wildman–Crippen LogP) is -4.73. The number of aliphatic hydroxyl groups excluding tert-OH is 8. The van der Waals surface area contributed by atoms with Gasteiger partial charge in [-0.25, -0.2) is 0 Å². The maximum atomic E-state index is 9.96. The molecule has 0 bridgehead atoms. The molecule has 1 aliphatic carbocycles. The van der Waals surface area contributed by atoms with Crippen molar-refractivity contribution in [1.29, 1.82) is 0 Å². The lowest BCUT2D eigenvalue weighted by Crippen LogP contribution is -2.62. The fourth-order valence-electron chi connectivity index (χ4n) is 2.95. The van der Waals surface area contributed by atoms with Gasteiger partial charge in [0.1, 0.15) is 36.6 Å². The molecule has 0 aromatic carbocycles. The second kappa shape index (κ2) is 7.66. The predicted molar refractivity (Wildman–Crippen MR) is 71.9 cm³/mol. The van der Waals surface area contributed by atoms with Crippen molar-refractivity contribution in [3.05, 3.63) is 0 Å². The van der Waals surface area contributed by atoms with Crippen molar-refractivity contribution in [2.45, 2.75) is 61.5 Å². The zero-order valence-corrected chi connectivity index (χ0v) is 12.3. The standard InChI is InChI=1S/C13H24O10/c14-2-4-1-5(8(17)10(19)7(4)16)22-13-12(21)11(20)9(18)6(3-15)23-13/h4-21H,1-3H2. The Balaban J connectivity index is 2.07. The monoisotopic (exact) mass is 340 g/mol. The molecule has 0 amide bonds. The van der Waals surface area contributed by atoms with Crippen LogP contribution in [0.15, 0.2) is 0 Å². The molecule has 2 rings (SSSR count). The Morgan fingerprint density at radius 1 is 0.739 bits per heavy atom. The van der Waals surface area contributed by atoms with E-state index in [0.29, 0.717) is 0 Å². The second-order valence-electron chi connectivity index (χ2n) is 6.02. The maximum absolute atomic E-state index is 9.96. The van der Waals surface area contributed by atoms with Gasteiger partial charge < -0.3 is 50.3 Å². The first-order valence-electron chi connectivity index (χ1n) is 7.42. The summed E-state index contributed by atoms with van der Waals surface area (Å²) in [5, 5.41) is 77.1. The van der Waals surface area contributed by atoms with E-state index < -0.39 is 74.3 Å². The molecule has 0 radical (unpaired) electrons. The SMILES string of the molecule is OCC1CC(OC2OC(CO)C(O)C(O)C2O)C(O)C(O)C1O. The Labute approximate surface area is 132 Å². The van der Waals surface area contributed by atoms with Gasteiger partial charge in [0.2, 0.25) is 0 Å². The minimum absolute atomic E-state index is 0.0229. The van der Waals surface area contributed by atoms with Gasteiger partial charge in [-0.2, -0.15) is 0 Å². The third-order valence-corrected chi connectivity index (χ3v) is 4.49. The van der Waals surface area contributed by atoms with Crippen LogP contribution >= 0.6 is 0 Å². The Hall–Kier alpha value is -0.400. The quantitative estimate of drug-likeness (QED) is 0.247. The summed E-state index contributed by atoms with van der Waals surface area (Å²) < 4.78 is 10.5. The summed E-state index contributed by atoms with van der Waals surface area (Å²) in [5.41, 5.74) is 0. The fourth-order valence-corrected chi connectivity index (χ4v) is 2.95. The molecule has 0 aromatic rings. The average molecular weight is 340 g/mol. The molecule has 0 spiro atoms. The van der Waals surface area contributed by atoms with E-state index in [4.69, 9.17) is 14.6 Å². The molecule has 1 saturated heterocycles. The molecule has 1 aliphatic heterocycles. The third-order valence-electron chi connectivity index (χ3n) is 4.49. The number of ether oxygens (including phenoxy) is 2. The average Bonchev–Trinajstić information content (AvgIpc) is 2.55. The molecule has 8 N–H and O–H groups in total. The van der Waals surface area contributed by atoms with Crippen LogP contribution in [0.25, 0.3) is 0 Å². The first-order chi connectivity index (χ1) is 10.8. The Morgan fingerprint density at radius 2 is 1.35 bits per heavy atom. The molecule has 2 fully saturated rings. The first-order valence-corrected chi connectivity index (χ1v) is 7.42.